The first-order chi connectivity index (χ1) is 14.5. The van der Waals surface area contributed by atoms with E-state index in [1.807, 2.05) is 48.5 Å². The van der Waals surface area contributed by atoms with Crippen LogP contribution >= 0.6 is 0 Å². The Morgan fingerprint density at radius 3 is 2.37 bits per heavy atom. The number of benzene rings is 2. The Morgan fingerprint density at radius 1 is 1.03 bits per heavy atom. The van der Waals surface area contributed by atoms with Crippen LogP contribution in [0.25, 0.3) is 16.9 Å². The number of primary amides is 1. The summed E-state index contributed by atoms with van der Waals surface area (Å²) in [5, 5.41) is 2.67. The number of H-pyrrole nitrogens is 1. The SMILES string of the molecule is NC(=O)C(Cc1ccccc1)OC(=O)c1cc2nc(-c3ccccc3)cc(=O)n2[nH]1. The Hall–Kier alpha value is -4.20. The van der Waals surface area contributed by atoms with Crippen LogP contribution in [0.15, 0.2) is 77.6 Å². The van der Waals surface area contributed by atoms with Gasteiger partial charge in [-0.2, -0.15) is 0 Å². The van der Waals surface area contributed by atoms with E-state index < -0.39 is 18.0 Å². The number of carbonyl (C=O) groups excluding carboxylic acids is 2. The smallest absolute Gasteiger partial charge is 0.357 e. The maximum Gasteiger partial charge on any atom is 0.357 e. The van der Waals surface area contributed by atoms with E-state index in [9.17, 15) is 14.4 Å². The molecule has 4 aromatic rings. The predicted molar refractivity (Wildman–Crippen MR) is 110 cm³/mol. The van der Waals surface area contributed by atoms with Crippen molar-refractivity contribution < 1.29 is 14.3 Å². The van der Waals surface area contributed by atoms with Crippen molar-refractivity contribution in [2.24, 2.45) is 5.73 Å². The number of ether oxygens (including phenoxy) is 1. The number of nitrogens with one attached hydrogen (secondary N) is 1. The van der Waals surface area contributed by atoms with Gasteiger partial charge in [0.1, 0.15) is 5.69 Å². The number of esters is 1. The summed E-state index contributed by atoms with van der Waals surface area (Å²) in [5.41, 5.74) is 7.33. The molecule has 8 heteroatoms. The number of amides is 1. The van der Waals surface area contributed by atoms with Crippen LogP contribution in [0.1, 0.15) is 16.1 Å². The Kier molecular flexibility index (Phi) is 5.13. The molecule has 0 radical (unpaired) electrons. The lowest BCUT2D eigenvalue weighted by atomic mass is 10.1. The lowest BCUT2D eigenvalue weighted by Crippen LogP contribution is -2.35. The van der Waals surface area contributed by atoms with Gasteiger partial charge in [-0.15, -0.1) is 0 Å². The summed E-state index contributed by atoms with van der Waals surface area (Å²) >= 11 is 0. The summed E-state index contributed by atoms with van der Waals surface area (Å²) in [4.78, 5) is 41.2. The van der Waals surface area contributed by atoms with E-state index in [1.165, 1.54) is 12.1 Å². The van der Waals surface area contributed by atoms with Crippen molar-refractivity contribution in [3.63, 3.8) is 0 Å². The quantitative estimate of drug-likeness (QED) is 0.478. The number of aromatic nitrogens is 3. The van der Waals surface area contributed by atoms with Crippen LogP contribution < -0.4 is 11.3 Å². The summed E-state index contributed by atoms with van der Waals surface area (Å²) in [6.45, 7) is 0. The van der Waals surface area contributed by atoms with Crippen LogP contribution in [0.3, 0.4) is 0 Å². The van der Waals surface area contributed by atoms with Crippen molar-refractivity contribution in [3.05, 3.63) is 94.4 Å². The maximum atomic E-state index is 12.6. The van der Waals surface area contributed by atoms with E-state index >= 15 is 0 Å². The van der Waals surface area contributed by atoms with Crippen molar-refractivity contribution in [1.82, 2.24) is 14.6 Å². The molecular formula is C22H18N4O4. The van der Waals surface area contributed by atoms with Gasteiger partial charge >= 0.3 is 5.97 Å². The first-order valence-electron chi connectivity index (χ1n) is 9.24. The minimum Gasteiger partial charge on any atom is -0.447 e. The van der Waals surface area contributed by atoms with Gasteiger partial charge in [0.25, 0.3) is 11.5 Å². The minimum atomic E-state index is -1.14. The zero-order chi connectivity index (χ0) is 21.1. The number of fused-ring (bicyclic) bond motifs is 1. The van der Waals surface area contributed by atoms with E-state index in [-0.39, 0.29) is 23.3 Å². The minimum absolute atomic E-state index is 0.0101. The van der Waals surface area contributed by atoms with Gasteiger partial charge in [-0.1, -0.05) is 60.7 Å². The molecule has 1 unspecified atom stereocenters. The van der Waals surface area contributed by atoms with Gasteiger partial charge < -0.3 is 10.5 Å². The zero-order valence-corrected chi connectivity index (χ0v) is 15.8. The van der Waals surface area contributed by atoms with E-state index in [2.05, 4.69) is 10.1 Å². The molecule has 0 fully saturated rings. The molecule has 0 saturated heterocycles. The highest BCUT2D eigenvalue weighted by atomic mass is 16.5. The molecule has 4 rings (SSSR count). The van der Waals surface area contributed by atoms with Crippen LogP contribution in [0.5, 0.6) is 0 Å². The number of nitrogens with zero attached hydrogens (tertiary/aromatic N) is 2. The van der Waals surface area contributed by atoms with Crippen LogP contribution in [-0.2, 0) is 16.0 Å². The van der Waals surface area contributed by atoms with Gasteiger partial charge in [-0.3, -0.25) is 14.7 Å². The predicted octanol–water partition coefficient (Wildman–Crippen LogP) is 1.94. The van der Waals surface area contributed by atoms with Crippen molar-refractivity contribution in [2.45, 2.75) is 12.5 Å². The molecule has 3 N–H and O–H groups in total. The number of carbonyl (C=O) groups is 2. The standard InChI is InChI=1S/C22H18N4O4/c23-21(28)18(11-14-7-3-1-4-8-14)30-22(29)17-12-19-24-16(13-20(27)26(19)25-17)15-9-5-2-6-10-15/h1-10,12-13,18,25H,11H2,(H2,23,28). The fourth-order valence-corrected chi connectivity index (χ4v) is 3.07. The molecule has 2 aromatic carbocycles. The Labute approximate surface area is 170 Å². The third kappa shape index (κ3) is 3.97. The molecule has 0 saturated carbocycles. The lowest BCUT2D eigenvalue weighted by Gasteiger charge is -2.14. The zero-order valence-electron chi connectivity index (χ0n) is 15.8. The molecule has 0 aliphatic heterocycles. The highest BCUT2D eigenvalue weighted by molar-refractivity contribution is 5.91. The van der Waals surface area contributed by atoms with Crippen LogP contribution in [0.2, 0.25) is 0 Å². The highest BCUT2D eigenvalue weighted by Gasteiger charge is 2.23. The summed E-state index contributed by atoms with van der Waals surface area (Å²) in [7, 11) is 0. The Morgan fingerprint density at radius 2 is 1.70 bits per heavy atom. The average Bonchev–Trinajstić information content (AvgIpc) is 3.20. The van der Waals surface area contributed by atoms with Crippen molar-refractivity contribution in [2.75, 3.05) is 0 Å². The summed E-state index contributed by atoms with van der Waals surface area (Å²) in [5.74, 6) is -1.56. The summed E-state index contributed by atoms with van der Waals surface area (Å²) < 4.78 is 6.44. The maximum absolute atomic E-state index is 12.6. The summed E-state index contributed by atoms with van der Waals surface area (Å²) in [6.07, 6.45) is -0.991. The number of aromatic amines is 1. The molecular weight excluding hydrogens is 384 g/mol. The highest BCUT2D eigenvalue weighted by Crippen LogP contribution is 2.16. The Bertz CT molecular complexity index is 1260. The third-order valence-electron chi connectivity index (χ3n) is 4.57. The lowest BCUT2D eigenvalue weighted by molar-refractivity contribution is -0.126. The van der Waals surface area contributed by atoms with Gasteiger partial charge in [-0.05, 0) is 5.56 Å². The molecule has 150 valence electrons. The molecule has 30 heavy (non-hydrogen) atoms. The number of nitrogens with two attached hydrogens (primary N) is 1. The fraction of sp³-hybridized carbons (Fsp3) is 0.0909. The van der Waals surface area contributed by atoms with E-state index in [1.54, 1.807) is 12.1 Å². The molecule has 0 bridgehead atoms. The first kappa shape index (κ1) is 19.1. The normalized spacial score (nSPS) is 11.9. The van der Waals surface area contributed by atoms with Gasteiger partial charge in [0.2, 0.25) is 0 Å². The largest absolute Gasteiger partial charge is 0.447 e. The molecule has 1 amide bonds. The van der Waals surface area contributed by atoms with Gasteiger partial charge in [0, 0.05) is 24.1 Å². The van der Waals surface area contributed by atoms with Crippen molar-refractivity contribution >= 4 is 17.5 Å². The Balaban J connectivity index is 1.60. The first-order valence-corrected chi connectivity index (χ1v) is 9.24. The number of hydrogen-bond acceptors (Lipinski definition) is 5. The van der Waals surface area contributed by atoms with Crippen LogP contribution in [0, 0.1) is 0 Å². The van der Waals surface area contributed by atoms with Crippen molar-refractivity contribution in [3.8, 4) is 11.3 Å². The average molecular weight is 402 g/mol. The molecule has 0 aliphatic carbocycles. The second-order valence-corrected chi connectivity index (χ2v) is 6.70. The number of rotatable bonds is 6. The second kappa shape index (κ2) is 8.04. The molecule has 0 aliphatic rings. The van der Waals surface area contributed by atoms with Gasteiger partial charge in [-0.25, -0.2) is 14.3 Å². The molecule has 1 atom stereocenters. The van der Waals surface area contributed by atoms with Crippen LogP contribution in [0.4, 0.5) is 0 Å². The molecule has 0 spiro atoms. The van der Waals surface area contributed by atoms with E-state index in [0.717, 1.165) is 15.6 Å². The van der Waals surface area contributed by atoms with Gasteiger partial charge in [0.05, 0.1) is 5.69 Å². The van der Waals surface area contributed by atoms with Crippen LogP contribution in [-0.4, -0.2) is 32.6 Å². The van der Waals surface area contributed by atoms with Gasteiger partial charge in [0.15, 0.2) is 11.8 Å². The number of hydrogen-bond donors (Lipinski definition) is 2. The monoisotopic (exact) mass is 402 g/mol. The fourth-order valence-electron chi connectivity index (χ4n) is 3.07. The van der Waals surface area contributed by atoms with Crippen molar-refractivity contribution in [1.29, 1.82) is 0 Å². The molecule has 8 nitrogen and oxygen atoms in total. The molecule has 2 heterocycles. The summed E-state index contributed by atoms with van der Waals surface area (Å²) in [6, 6.07) is 21.1. The topological polar surface area (TPSA) is 120 Å². The van der Waals surface area contributed by atoms with E-state index in [0.29, 0.717) is 5.69 Å². The van der Waals surface area contributed by atoms with E-state index in [4.69, 9.17) is 10.5 Å². The molecule has 2 aromatic heterocycles. The second-order valence-electron chi connectivity index (χ2n) is 6.70. The third-order valence-corrected chi connectivity index (χ3v) is 4.57.